The molecule has 3 nitrogen and oxygen atoms in total. The second-order valence-corrected chi connectivity index (χ2v) is 6.86. The van der Waals surface area contributed by atoms with Crippen LogP contribution in [0.3, 0.4) is 0 Å². The van der Waals surface area contributed by atoms with Crippen molar-refractivity contribution >= 4 is 11.4 Å². The molecule has 1 aliphatic rings. The fourth-order valence-electron chi connectivity index (χ4n) is 3.22. The molecule has 0 amide bonds. The van der Waals surface area contributed by atoms with E-state index >= 15 is 0 Å². The summed E-state index contributed by atoms with van der Waals surface area (Å²) in [5, 5.41) is 14.6. The fourth-order valence-corrected chi connectivity index (χ4v) is 3.22. The second kappa shape index (κ2) is 9.78. The SMILES string of the molecule is C/C=C/C=C(Nc1c(F)c(F)cc(F)c1NC1(CCCO)CCC1)\C(F)=C/C. The van der Waals surface area contributed by atoms with Crippen molar-refractivity contribution in [1.82, 2.24) is 0 Å². The molecule has 0 heterocycles. The van der Waals surface area contributed by atoms with Crippen molar-refractivity contribution in [3.8, 4) is 0 Å². The minimum atomic E-state index is -1.37. The van der Waals surface area contributed by atoms with E-state index < -0.39 is 34.5 Å². The quantitative estimate of drug-likeness (QED) is 0.273. The summed E-state index contributed by atoms with van der Waals surface area (Å²) in [4.78, 5) is 0. The topological polar surface area (TPSA) is 44.3 Å². The first kappa shape index (κ1) is 22.0. The third-order valence-corrected chi connectivity index (χ3v) is 4.91. The zero-order valence-corrected chi connectivity index (χ0v) is 16.1. The monoisotopic (exact) mass is 398 g/mol. The molecule has 7 heteroatoms. The lowest BCUT2D eigenvalue weighted by Crippen LogP contribution is -2.45. The average Bonchev–Trinajstić information content (AvgIpc) is 2.65. The zero-order chi connectivity index (χ0) is 20.7. The Bertz CT molecular complexity index is 783. The van der Waals surface area contributed by atoms with Crippen LogP contribution in [0.2, 0.25) is 0 Å². The van der Waals surface area contributed by atoms with Crippen molar-refractivity contribution in [3.63, 3.8) is 0 Å². The molecule has 0 aromatic heterocycles. The molecule has 1 fully saturated rings. The van der Waals surface area contributed by atoms with E-state index in [1.54, 1.807) is 13.0 Å². The Morgan fingerprint density at radius 1 is 1.18 bits per heavy atom. The van der Waals surface area contributed by atoms with E-state index in [2.05, 4.69) is 10.6 Å². The summed E-state index contributed by atoms with van der Waals surface area (Å²) in [6.45, 7) is 3.16. The number of allylic oxidation sites excluding steroid dienone is 5. The van der Waals surface area contributed by atoms with Crippen LogP contribution in [0.5, 0.6) is 0 Å². The van der Waals surface area contributed by atoms with E-state index in [-0.39, 0.29) is 18.0 Å². The van der Waals surface area contributed by atoms with Gasteiger partial charge in [0.2, 0.25) is 0 Å². The maximum atomic E-state index is 14.6. The van der Waals surface area contributed by atoms with Gasteiger partial charge in [-0.25, -0.2) is 17.6 Å². The lowest BCUT2D eigenvalue weighted by Gasteiger charge is -2.44. The van der Waals surface area contributed by atoms with E-state index in [9.17, 15) is 17.6 Å². The zero-order valence-electron chi connectivity index (χ0n) is 16.1. The Balaban J connectivity index is 2.48. The minimum Gasteiger partial charge on any atom is -0.396 e. The van der Waals surface area contributed by atoms with Gasteiger partial charge in [0.05, 0.1) is 11.4 Å². The number of hydrogen-bond acceptors (Lipinski definition) is 3. The Kier molecular flexibility index (Phi) is 7.69. The van der Waals surface area contributed by atoms with E-state index in [4.69, 9.17) is 5.11 Å². The van der Waals surface area contributed by atoms with Gasteiger partial charge >= 0.3 is 0 Å². The number of anilines is 2. The molecule has 1 aromatic carbocycles. The maximum absolute atomic E-state index is 14.6. The minimum absolute atomic E-state index is 0.0163. The summed E-state index contributed by atoms with van der Waals surface area (Å²) in [5.74, 6) is -4.32. The van der Waals surface area contributed by atoms with E-state index in [0.717, 1.165) is 25.3 Å². The molecule has 0 saturated heterocycles. The summed E-state index contributed by atoms with van der Waals surface area (Å²) in [7, 11) is 0. The molecule has 1 saturated carbocycles. The van der Waals surface area contributed by atoms with Crippen molar-refractivity contribution in [2.24, 2.45) is 0 Å². The molecule has 0 radical (unpaired) electrons. The first-order valence-electron chi connectivity index (χ1n) is 9.36. The van der Waals surface area contributed by atoms with Crippen molar-refractivity contribution < 1.29 is 22.7 Å². The summed E-state index contributed by atoms with van der Waals surface area (Å²) >= 11 is 0. The third-order valence-electron chi connectivity index (χ3n) is 4.91. The van der Waals surface area contributed by atoms with Crippen LogP contribution in [-0.4, -0.2) is 17.3 Å². The molecule has 154 valence electrons. The predicted molar refractivity (Wildman–Crippen MR) is 104 cm³/mol. The van der Waals surface area contributed by atoms with Crippen LogP contribution in [-0.2, 0) is 0 Å². The van der Waals surface area contributed by atoms with Gasteiger partial charge in [0.15, 0.2) is 17.5 Å². The summed E-state index contributed by atoms with van der Waals surface area (Å²) < 4.78 is 57.2. The molecule has 0 spiro atoms. The Labute approximate surface area is 162 Å². The van der Waals surface area contributed by atoms with E-state index in [0.29, 0.717) is 18.9 Å². The molecular formula is C21H26F4N2O. The first-order chi connectivity index (χ1) is 13.4. The Morgan fingerprint density at radius 3 is 2.43 bits per heavy atom. The van der Waals surface area contributed by atoms with Gasteiger partial charge in [-0.15, -0.1) is 0 Å². The smallest absolute Gasteiger partial charge is 0.184 e. The van der Waals surface area contributed by atoms with Crippen molar-refractivity contribution in [1.29, 1.82) is 0 Å². The number of nitrogens with one attached hydrogen (secondary N) is 2. The van der Waals surface area contributed by atoms with Crippen molar-refractivity contribution in [3.05, 3.63) is 59.3 Å². The number of benzene rings is 1. The van der Waals surface area contributed by atoms with Gasteiger partial charge in [-0.05, 0) is 58.1 Å². The lowest BCUT2D eigenvalue weighted by atomic mass is 9.73. The summed E-state index contributed by atoms with van der Waals surface area (Å²) in [6, 6.07) is 0.475. The largest absolute Gasteiger partial charge is 0.396 e. The average molecular weight is 398 g/mol. The van der Waals surface area contributed by atoms with Crippen LogP contribution >= 0.6 is 0 Å². The molecule has 1 aromatic rings. The summed E-state index contributed by atoms with van der Waals surface area (Å²) in [5.41, 5.74) is -1.35. The number of rotatable bonds is 9. The lowest BCUT2D eigenvalue weighted by molar-refractivity contribution is 0.216. The van der Waals surface area contributed by atoms with Crippen LogP contribution < -0.4 is 10.6 Å². The van der Waals surface area contributed by atoms with Crippen LogP contribution in [0.1, 0.15) is 46.0 Å². The van der Waals surface area contributed by atoms with Crippen LogP contribution in [0.15, 0.2) is 41.9 Å². The van der Waals surface area contributed by atoms with Gasteiger partial charge in [0, 0.05) is 18.2 Å². The van der Waals surface area contributed by atoms with Gasteiger partial charge in [-0.1, -0.05) is 12.2 Å². The van der Waals surface area contributed by atoms with Crippen molar-refractivity contribution in [2.75, 3.05) is 17.2 Å². The molecule has 0 bridgehead atoms. The molecular weight excluding hydrogens is 372 g/mol. The third kappa shape index (κ3) is 4.95. The predicted octanol–water partition coefficient (Wildman–Crippen LogP) is 5.96. The normalized spacial score (nSPS) is 17.0. The van der Waals surface area contributed by atoms with E-state index in [1.165, 1.54) is 19.1 Å². The Hall–Kier alpha value is -2.28. The van der Waals surface area contributed by atoms with Gasteiger partial charge in [0.25, 0.3) is 0 Å². The molecule has 0 atom stereocenters. The molecule has 2 rings (SSSR count). The maximum Gasteiger partial charge on any atom is 0.184 e. The standard InChI is InChI=1S/C21H26F4N2O/c1-3-5-8-17(14(22)4-2)26-20-18(25)15(23)13-16(24)19(20)27-21(9-6-10-21)11-7-12-28/h3-5,8,13,26-28H,6-7,9-12H2,1-2H3/b5-3+,14-4+,17-8+. The van der Waals surface area contributed by atoms with Gasteiger partial charge in [0.1, 0.15) is 11.5 Å². The van der Waals surface area contributed by atoms with Gasteiger partial charge in [-0.2, -0.15) is 0 Å². The molecule has 28 heavy (non-hydrogen) atoms. The first-order valence-corrected chi connectivity index (χ1v) is 9.36. The Morgan fingerprint density at radius 2 is 1.89 bits per heavy atom. The number of aliphatic hydroxyl groups is 1. The van der Waals surface area contributed by atoms with E-state index in [1.807, 2.05) is 0 Å². The van der Waals surface area contributed by atoms with Crippen LogP contribution in [0.4, 0.5) is 28.9 Å². The number of hydrogen-bond donors (Lipinski definition) is 3. The highest BCUT2D eigenvalue weighted by atomic mass is 19.2. The molecule has 1 aliphatic carbocycles. The van der Waals surface area contributed by atoms with Gasteiger partial charge < -0.3 is 15.7 Å². The van der Waals surface area contributed by atoms with Crippen molar-refractivity contribution in [2.45, 2.75) is 51.5 Å². The summed E-state index contributed by atoms with van der Waals surface area (Å²) in [6.07, 6.45) is 9.10. The van der Waals surface area contributed by atoms with Crippen LogP contribution in [0.25, 0.3) is 0 Å². The molecule has 0 aliphatic heterocycles. The van der Waals surface area contributed by atoms with Crippen LogP contribution in [0, 0.1) is 17.5 Å². The molecule has 3 N–H and O–H groups in total. The highest BCUT2D eigenvalue weighted by Crippen LogP contribution is 2.43. The molecule has 0 unspecified atom stereocenters. The van der Waals surface area contributed by atoms with Gasteiger partial charge in [-0.3, -0.25) is 0 Å². The number of halogens is 4. The number of aliphatic hydroxyl groups excluding tert-OH is 1. The second-order valence-electron chi connectivity index (χ2n) is 6.86. The highest BCUT2D eigenvalue weighted by Gasteiger charge is 2.38. The highest BCUT2D eigenvalue weighted by molar-refractivity contribution is 5.74. The fraction of sp³-hybridized carbons (Fsp3) is 0.429.